The maximum absolute atomic E-state index is 15.3. The van der Waals surface area contributed by atoms with Gasteiger partial charge < -0.3 is 28.8 Å². The summed E-state index contributed by atoms with van der Waals surface area (Å²) in [5.41, 5.74) is -0.327. The smallest absolute Gasteiger partial charge is 0.345 e. The molecule has 1 fully saturated rings. The number of amides is 1. The van der Waals surface area contributed by atoms with Crippen LogP contribution in [0, 0.1) is 16.2 Å². The lowest BCUT2D eigenvalue weighted by atomic mass is 9.80. The van der Waals surface area contributed by atoms with E-state index in [2.05, 4.69) is 21.4 Å². The van der Waals surface area contributed by atoms with Crippen LogP contribution >= 0.6 is 7.52 Å². The first-order valence-corrected chi connectivity index (χ1v) is 23.8. The van der Waals surface area contributed by atoms with Crippen molar-refractivity contribution in [2.24, 2.45) is 4.99 Å². The maximum Gasteiger partial charge on any atom is 0.345 e. The highest BCUT2D eigenvalue weighted by molar-refractivity contribution is 7.56. The molecule has 1 aromatic heterocycles. The second kappa shape index (κ2) is 21.0. The molecule has 0 saturated carbocycles. The molecule has 1 saturated heterocycles. The van der Waals surface area contributed by atoms with E-state index in [0.717, 1.165) is 27.5 Å². The predicted molar refractivity (Wildman–Crippen MR) is 252 cm³/mol. The van der Waals surface area contributed by atoms with Crippen LogP contribution in [0.1, 0.15) is 80.2 Å². The van der Waals surface area contributed by atoms with E-state index in [0.29, 0.717) is 27.6 Å². The van der Waals surface area contributed by atoms with Gasteiger partial charge in [-0.3, -0.25) is 23.7 Å². The fourth-order valence-electron chi connectivity index (χ4n) is 8.79. The number of ether oxygens (including phenoxy) is 4. The van der Waals surface area contributed by atoms with Crippen LogP contribution in [0.15, 0.2) is 124 Å². The minimum atomic E-state index is -3.81. The number of hydrogen-bond donors (Lipinski definition) is 2. The summed E-state index contributed by atoms with van der Waals surface area (Å²) < 4.78 is 50.5. The number of H-pyrrole nitrogens is 1. The highest BCUT2D eigenvalue weighted by atomic mass is 31.2. The molecule has 2 N–H and O–H groups in total. The second-order valence-electron chi connectivity index (χ2n) is 16.7. The third-order valence-corrected chi connectivity index (χ3v) is 14.8. The van der Waals surface area contributed by atoms with E-state index in [-0.39, 0.29) is 62.1 Å². The molecule has 67 heavy (non-hydrogen) atoms. The van der Waals surface area contributed by atoms with Gasteiger partial charge in [0.25, 0.3) is 19.0 Å². The van der Waals surface area contributed by atoms with Crippen molar-refractivity contribution in [1.29, 1.82) is 5.26 Å². The first kappa shape index (κ1) is 48.4. The molecule has 0 bridgehead atoms. The molecule has 17 nitrogen and oxygen atoms in total. The Balaban J connectivity index is 1.25. The molecule has 2 aliphatic heterocycles. The van der Waals surface area contributed by atoms with Crippen LogP contribution in [-0.4, -0.2) is 88.5 Å². The summed E-state index contributed by atoms with van der Waals surface area (Å²) in [5, 5.41) is 12.4. The van der Waals surface area contributed by atoms with Crippen molar-refractivity contribution in [3.63, 3.8) is 0 Å². The van der Waals surface area contributed by atoms with Crippen molar-refractivity contribution in [2.45, 2.75) is 83.1 Å². The Morgan fingerprint density at radius 1 is 0.940 bits per heavy atom. The summed E-state index contributed by atoms with van der Waals surface area (Å²) in [6.45, 7) is 7.38. The number of para-hydroxylation sites is 2. The topological polar surface area (TPSA) is 207 Å². The van der Waals surface area contributed by atoms with Crippen LogP contribution < -0.4 is 26.0 Å². The number of aromatic amines is 1. The number of nitroso groups, excluding NO2 is 1. The summed E-state index contributed by atoms with van der Waals surface area (Å²) in [5.74, 6) is 0.652. The lowest BCUT2D eigenvalue weighted by Gasteiger charge is -2.39. The van der Waals surface area contributed by atoms with Gasteiger partial charge in [0.2, 0.25) is 11.4 Å². The molecule has 0 aliphatic carbocycles. The normalized spacial score (nSPS) is 17.8. The lowest BCUT2D eigenvalue weighted by molar-refractivity contribution is -0.328. The standard InChI is InChI=1S/C49H54N7O10P/c1-32(2)56(33(3)4)67(61,28-12-26-50)66-42-29-45(54-30-39(47(58)53-48(54)59)46(57)51-27-25-44-52-40-15-10-11-16-41(40)55(44)60)65-43(42)31-64-49(34-13-8-7-9-14-34,35-17-21-37(62-5)22-18-35)36-19-23-38(63-6)24-20-36/h7-11,13-24,30,32-33,42-43,45H,12,25,27-29,31H2,1-6H3,(H-,51,53,57,58,59)/p+1/t42-,43+,45+,67?/m0/s1. The van der Waals surface area contributed by atoms with Crippen LogP contribution in [-0.2, 0) is 24.2 Å². The molecule has 0 radical (unpaired) electrons. The quantitative estimate of drug-likeness (QED) is 0.0437. The number of benzene rings is 4. The zero-order valence-corrected chi connectivity index (χ0v) is 39.2. The minimum absolute atomic E-state index is 0.0377. The summed E-state index contributed by atoms with van der Waals surface area (Å²) in [6, 6.07) is 33.1. The van der Waals surface area contributed by atoms with E-state index < -0.39 is 48.7 Å². The van der Waals surface area contributed by atoms with E-state index in [1.54, 1.807) is 43.2 Å². The Morgan fingerprint density at radius 3 is 2.12 bits per heavy atom. The average molecular weight is 933 g/mol. The molecule has 18 heteroatoms. The molecule has 350 valence electrons. The molecular weight excluding hydrogens is 878 g/mol. The van der Waals surface area contributed by atoms with E-state index in [1.165, 1.54) is 0 Å². The third kappa shape index (κ3) is 10.2. The van der Waals surface area contributed by atoms with Crippen LogP contribution in [0.25, 0.3) is 0 Å². The van der Waals surface area contributed by atoms with E-state index >= 15 is 4.57 Å². The molecule has 0 spiro atoms. The number of nitriles is 1. The molecule has 3 heterocycles. The minimum Gasteiger partial charge on any atom is -0.497 e. The Labute approximate surface area is 388 Å². The number of methoxy groups -OCH3 is 2. The van der Waals surface area contributed by atoms with E-state index in [1.807, 2.05) is 107 Å². The third-order valence-electron chi connectivity index (χ3n) is 11.8. The molecule has 7 rings (SSSR count). The van der Waals surface area contributed by atoms with Crippen LogP contribution in [0.3, 0.4) is 0 Å². The molecule has 1 amide bonds. The summed E-state index contributed by atoms with van der Waals surface area (Å²) in [4.78, 5) is 59.9. The van der Waals surface area contributed by atoms with Gasteiger partial charge in [0.1, 0.15) is 35.0 Å². The molecule has 5 aromatic rings. The highest BCUT2D eigenvalue weighted by Gasteiger charge is 2.47. The van der Waals surface area contributed by atoms with Gasteiger partial charge in [-0.25, -0.2) is 9.46 Å². The van der Waals surface area contributed by atoms with Crippen LogP contribution in [0.2, 0.25) is 0 Å². The van der Waals surface area contributed by atoms with Crippen molar-refractivity contribution >= 4 is 30.6 Å². The largest absolute Gasteiger partial charge is 0.497 e. The lowest BCUT2D eigenvalue weighted by Crippen LogP contribution is -2.40. The molecule has 4 atom stereocenters. The Morgan fingerprint density at radius 2 is 1.54 bits per heavy atom. The number of fused-ring (bicyclic) bond motifs is 1. The van der Waals surface area contributed by atoms with Gasteiger partial charge in [0, 0.05) is 42.4 Å². The average Bonchev–Trinajstić information content (AvgIpc) is 3.87. The number of aromatic nitrogens is 2. The number of carbonyl (C=O) groups is 1. The molecule has 1 unspecified atom stereocenters. The first-order chi connectivity index (χ1) is 32.2. The Kier molecular flexibility index (Phi) is 15.1. The van der Waals surface area contributed by atoms with E-state index in [9.17, 15) is 24.6 Å². The maximum atomic E-state index is 15.3. The van der Waals surface area contributed by atoms with Gasteiger partial charge in [-0.1, -0.05) is 71.6 Å². The van der Waals surface area contributed by atoms with Crippen molar-refractivity contribution in [3.05, 3.63) is 157 Å². The highest BCUT2D eigenvalue weighted by Crippen LogP contribution is 2.57. The number of carbonyl (C=O) groups excluding carboxylic acids is 1. The van der Waals surface area contributed by atoms with Crippen molar-refractivity contribution in [2.75, 3.05) is 33.5 Å². The number of amidine groups is 1. The first-order valence-electron chi connectivity index (χ1n) is 22.1. The fourth-order valence-corrected chi connectivity index (χ4v) is 11.7. The number of hydrogen-bond acceptors (Lipinski definition) is 12. The van der Waals surface area contributed by atoms with Crippen molar-refractivity contribution < 1.29 is 37.6 Å². The second-order valence-corrected chi connectivity index (χ2v) is 19.1. The predicted octanol–water partition coefficient (Wildman–Crippen LogP) is 7.73. The Hall–Kier alpha value is -6.54. The molecule has 4 aromatic carbocycles. The van der Waals surface area contributed by atoms with E-state index in [4.69, 9.17) is 23.5 Å². The number of nitrogens with one attached hydrogen (secondary N) is 2. The van der Waals surface area contributed by atoms with Crippen LogP contribution in [0.5, 0.6) is 11.5 Å². The van der Waals surface area contributed by atoms with Gasteiger partial charge in [0.05, 0.1) is 45.6 Å². The monoisotopic (exact) mass is 932 g/mol. The molecular formula is C49H55N7O10P+. The summed E-state index contributed by atoms with van der Waals surface area (Å²) in [6.07, 6.45) is -2.17. The zero-order chi connectivity index (χ0) is 47.9. The van der Waals surface area contributed by atoms with Gasteiger partial charge in [-0.15, -0.1) is 0 Å². The number of nitrogens with zero attached hydrogens (tertiary/aromatic N) is 5. The van der Waals surface area contributed by atoms with Gasteiger partial charge in [-0.2, -0.15) is 5.26 Å². The van der Waals surface area contributed by atoms with Crippen LogP contribution in [0.4, 0.5) is 11.4 Å². The van der Waals surface area contributed by atoms with Crippen molar-refractivity contribution in [3.8, 4) is 17.6 Å². The molecule has 2 aliphatic rings. The van der Waals surface area contributed by atoms with Gasteiger partial charge in [-0.05, 0) is 85.8 Å². The number of aliphatic imine (C=N–C) groups is 1. The van der Waals surface area contributed by atoms with Crippen molar-refractivity contribution in [1.82, 2.24) is 19.5 Å². The summed E-state index contributed by atoms with van der Waals surface area (Å²) >= 11 is 0. The fraction of sp³-hybridized carbons (Fsp3) is 0.367. The van der Waals surface area contributed by atoms with Gasteiger partial charge in [0.15, 0.2) is 0 Å². The Bertz CT molecular complexity index is 2750. The zero-order valence-electron chi connectivity index (χ0n) is 38.3. The summed E-state index contributed by atoms with van der Waals surface area (Å²) in [7, 11) is -0.640. The number of rotatable bonds is 20. The van der Waals surface area contributed by atoms with Gasteiger partial charge >= 0.3 is 11.5 Å². The SMILES string of the molecule is COc1ccc(C(OC[C@H]2O[C@@H](n3cc(C(=O)NCCC4=Nc5ccccc5[N+]4=O)c(=O)[nH]c3=O)C[C@@H]2OP(=O)(CCC#N)N(C(C)C)C(C)C)(c2ccccc2)c2ccc(OC)cc2)cc1.